The molecule has 2 aliphatic heterocycles. The number of nitriles is 1. The first-order valence-electron chi connectivity index (χ1n) is 15.6. The van der Waals surface area contributed by atoms with Gasteiger partial charge in [-0.15, -0.1) is 0 Å². The third-order valence-electron chi connectivity index (χ3n) is 9.38. The Kier molecular flexibility index (Phi) is 10.5. The van der Waals surface area contributed by atoms with E-state index in [1.807, 2.05) is 42.5 Å². The van der Waals surface area contributed by atoms with Gasteiger partial charge in [0.05, 0.1) is 16.9 Å². The lowest BCUT2D eigenvalue weighted by Crippen LogP contribution is -2.50. The fourth-order valence-electron chi connectivity index (χ4n) is 6.64. The molecule has 0 spiro atoms. The number of oxime groups is 1. The number of hydrogen-bond acceptors (Lipinski definition) is 5. The van der Waals surface area contributed by atoms with Crippen LogP contribution < -0.4 is 5.73 Å². The normalized spacial score (nSPS) is 18.4. The first kappa shape index (κ1) is 31.0. The van der Waals surface area contributed by atoms with Gasteiger partial charge in [0.2, 0.25) is 0 Å². The fourth-order valence-corrected chi connectivity index (χ4v) is 6.64. The van der Waals surface area contributed by atoms with Crippen LogP contribution in [0.3, 0.4) is 0 Å². The van der Waals surface area contributed by atoms with E-state index >= 15 is 0 Å². The van der Waals surface area contributed by atoms with Gasteiger partial charge >= 0.3 is 0 Å². The van der Waals surface area contributed by atoms with Gasteiger partial charge in [-0.05, 0) is 61.0 Å². The molecule has 44 heavy (non-hydrogen) atoms. The minimum Gasteiger partial charge on any atom is -0.409 e. The molecule has 0 bridgehead atoms. The van der Waals surface area contributed by atoms with Gasteiger partial charge in [-0.2, -0.15) is 5.26 Å². The molecule has 0 atom stereocenters. The maximum atomic E-state index is 9.70. The molecule has 6 rings (SSSR count). The molecule has 0 aliphatic carbocycles. The van der Waals surface area contributed by atoms with Crippen molar-refractivity contribution < 1.29 is 5.21 Å². The van der Waals surface area contributed by atoms with Crippen molar-refractivity contribution in [2.75, 3.05) is 26.2 Å². The van der Waals surface area contributed by atoms with Crippen molar-refractivity contribution in [2.24, 2.45) is 10.9 Å². The summed E-state index contributed by atoms with van der Waals surface area (Å²) >= 11 is 0. The summed E-state index contributed by atoms with van der Waals surface area (Å²) in [7, 11) is 0. The van der Waals surface area contributed by atoms with Crippen LogP contribution in [0.15, 0.2) is 126 Å². The quantitative estimate of drug-likeness (QED) is 0.109. The molecule has 0 radical (unpaired) electrons. The van der Waals surface area contributed by atoms with Crippen LogP contribution in [-0.4, -0.2) is 47.0 Å². The second kappa shape index (κ2) is 14.8. The van der Waals surface area contributed by atoms with Crippen molar-refractivity contribution in [3.63, 3.8) is 0 Å². The van der Waals surface area contributed by atoms with Crippen molar-refractivity contribution in [1.82, 2.24) is 9.80 Å². The van der Waals surface area contributed by atoms with E-state index in [0.717, 1.165) is 70.5 Å². The number of likely N-dealkylation sites (tertiary alicyclic amines) is 2. The van der Waals surface area contributed by atoms with Crippen LogP contribution in [0.2, 0.25) is 0 Å². The topological polar surface area (TPSA) is 88.9 Å². The Labute approximate surface area is 262 Å². The summed E-state index contributed by atoms with van der Waals surface area (Å²) in [5, 5.41) is 22.3. The summed E-state index contributed by atoms with van der Waals surface area (Å²) in [6.07, 6.45) is 3.56. The third-order valence-corrected chi connectivity index (χ3v) is 9.38. The van der Waals surface area contributed by atoms with Gasteiger partial charge in [-0.3, -0.25) is 9.80 Å². The first-order valence-corrected chi connectivity index (χ1v) is 15.6. The molecule has 226 valence electrons. The zero-order valence-corrected chi connectivity index (χ0v) is 25.4. The molecular weight excluding hydrogens is 542 g/mol. The molecule has 0 saturated carbocycles. The monoisotopic (exact) mass is 585 g/mol. The van der Waals surface area contributed by atoms with E-state index in [9.17, 15) is 10.5 Å². The van der Waals surface area contributed by atoms with Gasteiger partial charge in [0, 0.05) is 26.2 Å². The number of nitrogens with two attached hydrogens (primary N) is 1. The van der Waals surface area contributed by atoms with E-state index in [1.165, 1.54) is 16.7 Å². The summed E-state index contributed by atoms with van der Waals surface area (Å²) in [5.41, 5.74) is 10.4. The second-order valence-electron chi connectivity index (χ2n) is 12.0. The highest BCUT2D eigenvalue weighted by Gasteiger charge is 2.40. The first-order chi connectivity index (χ1) is 21.6. The average molecular weight is 586 g/mol. The van der Waals surface area contributed by atoms with Gasteiger partial charge in [0.1, 0.15) is 5.84 Å². The molecule has 0 amide bonds. The van der Waals surface area contributed by atoms with Crippen molar-refractivity contribution >= 4 is 5.84 Å². The minimum absolute atomic E-state index is 0.297. The summed E-state index contributed by atoms with van der Waals surface area (Å²) in [6, 6.07) is 44.1. The van der Waals surface area contributed by atoms with E-state index in [1.54, 1.807) is 0 Å². The Morgan fingerprint density at radius 2 is 1.02 bits per heavy atom. The molecule has 4 aromatic carbocycles. The van der Waals surface area contributed by atoms with Gasteiger partial charge < -0.3 is 10.9 Å². The number of piperidine rings is 2. The van der Waals surface area contributed by atoms with Crippen LogP contribution in [0.5, 0.6) is 0 Å². The lowest BCUT2D eigenvalue weighted by atomic mass is 9.72. The lowest BCUT2D eigenvalue weighted by molar-refractivity contribution is 0.179. The summed E-state index contributed by atoms with van der Waals surface area (Å²) in [4.78, 5) is 4.88. The molecule has 6 nitrogen and oxygen atoms in total. The van der Waals surface area contributed by atoms with Crippen LogP contribution in [0.1, 0.15) is 47.9 Å². The van der Waals surface area contributed by atoms with Crippen molar-refractivity contribution in [3.8, 4) is 6.07 Å². The molecule has 2 aliphatic rings. The zero-order valence-electron chi connectivity index (χ0n) is 25.4. The Hall–Kier alpha value is -4.44. The molecule has 6 heteroatoms. The highest BCUT2D eigenvalue weighted by Crippen LogP contribution is 2.37. The number of hydrogen-bond donors (Lipinski definition) is 2. The van der Waals surface area contributed by atoms with Gasteiger partial charge in [0.15, 0.2) is 0 Å². The molecule has 2 fully saturated rings. The standard InChI is InChI=1S/C19H23N3O.C19H20N2/c20-18(21-23)19(17-9-5-2-6-10-17)11-13-22(14-12-19)15-16-7-3-1-4-8-16;20-16-19(18-9-5-2-6-10-18)11-13-21(14-12-19)15-17-7-3-1-4-8-17/h1-10,23H,11-15H2,(H2,20,21);1-10H,11-15H2. The highest BCUT2D eigenvalue weighted by molar-refractivity contribution is 5.91. The highest BCUT2D eigenvalue weighted by atomic mass is 16.4. The molecule has 2 heterocycles. The molecule has 0 unspecified atom stereocenters. The molecule has 3 N–H and O–H groups in total. The van der Waals surface area contributed by atoms with E-state index < -0.39 is 0 Å². The van der Waals surface area contributed by atoms with Gasteiger partial charge in [-0.1, -0.05) is 126 Å². The van der Waals surface area contributed by atoms with Crippen molar-refractivity contribution in [2.45, 2.75) is 49.6 Å². The summed E-state index contributed by atoms with van der Waals surface area (Å²) in [5.74, 6) is 0.322. The predicted octanol–water partition coefficient (Wildman–Crippen LogP) is 6.71. The van der Waals surface area contributed by atoms with E-state index in [4.69, 9.17) is 5.73 Å². The van der Waals surface area contributed by atoms with E-state index in [-0.39, 0.29) is 10.8 Å². The third kappa shape index (κ3) is 7.37. The van der Waals surface area contributed by atoms with E-state index in [2.05, 4.69) is 99.9 Å². The van der Waals surface area contributed by atoms with Crippen LogP contribution in [0, 0.1) is 11.3 Å². The second-order valence-corrected chi connectivity index (χ2v) is 12.0. The van der Waals surface area contributed by atoms with Gasteiger partial charge in [-0.25, -0.2) is 0 Å². The largest absolute Gasteiger partial charge is 0.409 e. The molecule has 0 aromatic heterocycles. The van der Waals surface area contributed by atoms with Gasteiger partial charge in [0.25, 0.3) is 0 Å². The van der Waals surface area contributed by atoms with E-state index in [0.29, 0.717) is 5.84 Å². The number of amidine groups is 1. The predicted molar refractivity (Wildman–Crippen MR) is 177 cm³/mol. The van der Waals surface area contributed by atoms with Crippen LogP contribution in [0.4, 0.5) is 0 Å². The Morgan fingerprint density at radius 3 is 1.43 bits per heavy atom. The van der Waals surface area contributed by atoms with Crippen LogP contribution >= 0.6 is 0 Å². The minimum atomic E-state index is -0.358. The maximum Gasteiger partial charge on any atom is 0.149 e. The Balaban J connectivity index is 0.000000175. The van der Waals surface area contributed by atoms with Crippen LogP contribution in [-0.2, 0) is 23.9 Å². The Bertz CT molecular complexity index is 1490. The number of rotatable bonds is 7. The summed E-state index contributed by atoms with van der Waals surface area (Å²) in [6.45, 7) is 5.76. The SMILES string of the molecule is N#CC1(c2ccccc2)CCN(Cc2ccccc2)CC1.N/C(=N\O)C1(c2ccccc2)CCN(Cc2ccccc2)CC1. The average Bonchev–Trinajstić information content (AvgIpc) is 3.11. The smallest absolute Gasteiger partial charge is 0.149 e. The van der Waals surface area contributed by atoms with Crippen LogP contribution in [0.25, 0.3) is 0 Å². The van der Waals surface area contributed by atoms with Crippen molar-refractivity contribution in [3.05, 3.63) is 144 Å². The number of benzene rings is 4. The zero-order chi connectivity index (χ0) is 30.7. The Morgan fingerprint density at radius 1 is 0.636 bits per heavy atom. The number of nitrogens with zero attached hydrogens (tertiary/aromatic N) is 4. The maximum absolute atomic E-state index is 9.70. The molecule has 2 saturated heterocycles. The lowest BCUT2D eigenvalue weighted by Gasteiger charge is -2.41. The van der Waals surface area contributed by atoms with Crippen molar-refractivity contribution in [1.29, 1.82) is 5.26 Å². The fraction of sp³-hybridized carbons (Fsp3) is 0.316. The molecular formula is C38H43N5O. The molecule has 4 aromatic rings. The summed E-state index contributed by atoms with van der Waals surface area (Å²) < 4.78 is 0.